The van der Waals surface area contributed by atoms with E-state index < -0.39 is 23.9 Å². The van der Waals surface area contributed by atoms with Gasteiger partial charge in [0.2, 0.25) is 0 Å². The highest BCUT2D eigenvalue weighted by Crippen LogP contribution is 2.35. The maximum absolute atomic E-state index is 12.2. The minimum Gasteiger partial charge on any atom is -0.430 e. The molecule has 0 saturated heterocycles. The summed E-state index contributed by atoms with van der Waals surface area (Å²) >= 11 is 0. The minimum absolute atomic E-state index is 0.255. The molecule has 2 unspecified atom stereocenters. The standard InChI is InChI=1S/C33H44O8/c1-11-32(36-13-3,40-29(34)23(5)6)38-27-19-15-25(16-20-27)31(9,10)26-17-21-28(22-18-26)39-33(12-2,37-14-4)41-30(35)24(7)8/h15-22H,5,7,11-14H2,1-4,6,8-10H3. The SMILES string of the molecule is C=C(C)C(=O)OC(CC)(OCC)Oc1ccc(C(C)(C)c2ccc(OC(CC)(OCC)OC(=O)C(=C)C)cc2)cc1. The lowest BCUT2D eigenvalue weighted by Crippen LogP contribution is -2.43. The Morgan fingerprint density at radius 2 is 0.951 bits per heavy atom. The van der Waals surface area contributed by atoms with Crippen LogP contribution in [0.2, 0.25) is 0 Å². The van der Waals surface area contributed by atoms with E-state index in [9.17, 15) is 9.59 Å². The molecule has 0 heterocycles. The van der Waals surface area contributed by atoms with Gasteiger partial charge >= 0.3 is 23.9 Å². The summed E-state index contributed by atoms with van der Waals surface area (Å²) in [7, 11) is 0. The van der Waals surface area contributed by atoms with Crippen LogP contribution < -0.4 is 9.47 Å². The summed E-state index contributed by atoms with van der Waals surface area (Å²) in [5, 5.41) is 0. The molecule has 0 saturated carbocycles. The van der Waals surface area contributed by atoms with Crippen molar-refractivity contribution in [2.45, 2.75) is 85.6 Å². The van der Waals surface area contributed by atoms with Crippen molar-refractivity contribution in [3.8, 4) is 11.5 Å². The van der Waals surface area contributed by atoms with Gasteiger partial charge in [-0.15, -0.1) is 0 Å². The third kappa shape index (κ3) is 8.68. The van der Waals surface area contributed by atoms with E-state index in [2.05, 4.69) is 27.0 Å². The molecule has 0 aliphatic rings. The van der Waals surface area contributed by atoms with Crippen LogP contribution in [0.4, 0.5) is 0 Å². The fourth-order valence-electron chi connectivity index (χ4n) is 3.95. The molecule has 2 rings (SSSR count). The van der Waals surface area contributed by atoms with Crippen molar-refractivity contribution in [3.63, 3.8) is 0 Å². The maximum atomic E-state index is 12.2. The molecule has 0 N–H and O–H groups in total. The predicted octanol–water partition coefficient (Wildman–Crippen LogP) is 7.21. The number of rotatable bonds is 16. The van der Waals surface area contributed by atoms with Crippen LogP contribution in [0.3, 0.4) is 0 Å². The summed E-state index contributed by atoms with van der Waals surface area (Å²) < 4.78 is 34.6. The summed E-state index contributed by atoms with van der Waals surface area (Å²) in [5.74, 6) is -3.28. The van der Waals surface area contributed by atoms with Gasteiger partial charge in [-0.05, 0) is 63.1 Å². The first-order chi connectivity index (χ1) is 19.3. The van der Waals surface area contributed by atoms with Crippen molar-refractivity contribution in [2.24, 2.45) is 0 Å². The number of benzene rings is 2. The summed E-state index contributed by atoms with van der Waals surface area (Å²) in [6, 6.07) is 15.1. The average molecular weight is 569 g/mol. The zero-order valence-corrected chi connectivity index (χ0v) is 25.6. The molecule has 2 aromatic rings. The zero-order valence-electron chi connectivity index (χ0n) is 25.6. The topological polar surface area (TPSA) is 89.5 Å². The van der Waals surface area contributed by atoms with E-state index in [-0.39, 0.29) is 29.4 Å². The Kier molecular flexibility index (Phi) is 11.7. The lowest BCUT2D eigenvalue weighted by atomic mass is 9.78. The molecular formula is C33H44O8. The van der Waals surface area contributed by atoms with Gasteiger partial charge in [-0.25, -0.2) is 9.59 Å². The first-order valence-electron chi connectivity index (χ1n) is 13.9. The van der Waals surface area contributed by atoms with Gasteiger partial charge in [0, 0.05) is 16.6 Å². The molecule has 8 heteroatoms. The van der Waals surface area contributed by atoms with E-state index >= 15 is 0 Å². The molecule has 0 radical (unpaired) electrons. The number of hydrogen-bond acceptors (Lipinski definition) is 8. The van der Waals surface area contributed by atoms with Crippen molar-refractivity contribution in [3.05, 3.63) is 84.0 Å². The van der Waals surface area contributed by atoms with E-state index in [1.165, 1.54) is 0 Å². The molecule has 0 spiro atoms. The van der Waals surface area contributed by atoms with E-state index in [0.29, 0.717) is 24.7 Å². The quantitative estimate of drug-likeness (QED) is 0.119. The highest BCUT2D eigenvalue weighted by Gasteiger charge is 2.38. The molecule has 8 nitrogen and oxygen atoms in total. The van der Waals surface area contributed by atoms with Gasteiger partial charge in [-0.2, -0.15) is 0 Å². The fourth-order valence-corrected chi connectivity index (χ4v) is 3.95. The number of hydrogen-bond donors (Lipinski definition) is 0. The Morgan fingerprint density at radius 3 is 1.20 bits per heavy atom. The Hall–Kier alpha value is -3.62. The second kappa shape index (κ2) is 14.3. The number of ether oxygens (including phenoxy) is 6. The fraction of sp³-hybridized carbons (Fsp3) is 0.455. The third-order valence-corrected chi connectivity index (χ3v) is 6.49. The van der Waals surface area contributed by atoms with Gasteiger partial charge in [0.25, 0.3) is 0 Å². The molecule has 0 aromatic heterocycles. The largest absolute Gasteiger partial charge is 0.430 e. The van der Waals surface area contributed by atoms with Crippen LogP contribution in [-0.4, -0.2) is 37.1 Å². The van der Waals surface area contributed by atoms with Crippen LogP contribution >= 0.6 is 0 Å². The van der Waals surface area contributed by atoms with Crippen molar-refractivity contribution in [1.82, 2.24) is 0 Å². The molecular weight excluding hydrogens is 524 g/mol. The maximum Gasteiger partial charge on any atom is 0.373 e. The van der Waals surface area contributed by atoms with Gasteiger partial charge in [0.15, 0.2) is 0 Å². The van der Waals surface area contributed by atoms with Crippen molar-refractivity contribution >= 4 is 11.9 Å². The first-order valence-corrected chi connectivity index (χ1v) is 13.9. The van der Waals surface area contributed by atoms with E-state index in [0.717, 1.165) is 11.1 Å². The van der Waals surface area contributed by atoms with E-state index in [1.54, 1.807) is 27.7 Å². The molecule has 0 fully saturated rings. The molecule has 2 atom stereocenters. The first kappa shape index (κ1) is 33.6. The molecule has 2 aromatic carbocycles. The highest BCUT2D eigenvalue weighted by atomic mass is 16.9. The Balaban J connectivity index is 2.26. The summed E-state index contributed by atoms with van der Waals surface area (Å²) in [6.07, 6.45) is 0.576. The second-order valence-electron chi connectivity index (χ2n) is 10.2. The van der Waals surface area contributed by atoms with Crippen LogP contribution in [0.5, 0.6) is 11.5 Å². The van der Waals surface area contributed by atoms with E-state index in [1.807, 2.05) is 62.4 Å². The van der Waals surface area contributed by atoms with E-state index in [4.69, 9.17) is 28.4 Å². The monoisotopic (exact) mass is 568 g/mol. The van der Waals surface area contributed by atoms with Crippen molar-refractivity contribution < 1.29 is 38.0 Å². The van der Waals surface area contributed by atoms with Crippen molar-refractivity contribution in [1.29, 1.82) is 0 Å². The summed E-state index contributed by atoms with van der Waals surface area (Å²) in [4.78, 5) is 24.5. The van der Waals surface area contributed by atoms with Crippen LogP contribution in [0.25, 0.3) is 0 Å². The molecule has 0 aliphatic carbocycles. The van der Waals surface area contributed by atoms with Gasteiger partial charge < -0.3 is 28.4 Å². The average Bonchev–Trinajstić information content (AvgIpc) is 2.93. The molecule has 0 aliphatic heterocycles. The van der Waals surface area contributed by atoms with Crippen LogP contribution in [-0.2, 0) is 34.0 Å². The summed E-state index contributed by atoms with van der Waals surface area (Å²) in [5.41, 5.74) is 2.20. The second-order valence-corrected chi connectivity index (χ2v) is 10.2. The third-order valence-electron chi connectivity index (χ3n) is 6.49. The Morgan fingerprint density at radius 1 is 0.634 bits per heavy atom. The Bertz CT molecular complexity index is 1110. The van der Waals surface area contributed by atoms with Crippen LogP contribution in [0, 0.1) is 0 Å². The minimum atomic E-state index is -1.55. The van der Waals surface area contributed by atoms with Gasteiger partial charge in [0.05, 0.1) is 26.1 Å². The normalized spacial score (nSPS) is 14.2. The van der Waals surface area contributed by atoms with Crippen molar-refractivity contribution in [2.75, 3.05) is 13.2 Å². The summed E-state index contributed by atoms with van der Waals surface area (Å²) in [6.45, 7) is 22.5. The van der Waals surface area contributed by atoms with Crippen LogP contribution in [0.15, 0.2) is 72.8 Å². The highest BCUT2D eigenvalue weighted by molar-refractivity contribution is 5.87. The van der Waals surface area contributed by atoms with Crippen LogP contribution in [0.1, 0.15) is 79.4 Å². The van der Waals surface area contributed by atoms with Gasteiger partial charge in [0.1, 0.15) is 11.5 Å². The van der Waals surface area contributed by atoms with Gasteiger partial charge in [-0.1, -0.05) is 65.1 Å². The smallest absolute Gasteiger partial charge is 0.373 e. The number of carbonyl (C=O) groups is 2. The molecule has 224 valence electrons. The lowest BCUT2D eigenvalue weighted by molar-refractivity contribution is -0.324. The number of esters is 2. The Labute approximate surface area is 244 Å². The predicted molar refractivity (Wildman–Crippen MR) is 157 cm³/mol. The molecule has 0 bridgehead atoms. The van der Waals surface area contributed by atoms with Gasteiger partial charge in [-0.3, -0.25) is 0 Å². The zero-order chi connectivity index (χ0) is 30.8. The molecule has 0 amide bonds. The molecule has 41 heavy (non-hydrogen) atoms. The number of carbonyl (C=O) groups excluding carboxylic acids is 2. The lowest BCUT2D eigenvalue weighted by Gasteiger charge is -2.32.